The molecule has 0 fully saturated rings. The number of carbonyl (C=O) groups is 1. The molecule has 0 aliphatic heterocycles. The predicted molar refractivity (Wildman–Crippen MR) is 72.0 cm³/mol. The molecule has 2 heterocycles. The fourth-order valence-corrected chi connectivity index (χ4v) is 2.18. The molecule has 0 aromatic carbocycles. The van der Waals surface area contributed by atoms with Gasteiger partial charge in [-0.25, -0.2) is 4.98 Å². The van der Waals surface area contributed by atoms with Crippen molar-refractivity contribution in [2.75, 3.05) is 0 Å². The van der Waals surface area contributed by atoms with Crippen LogP contribution in [0.4, 0.5) is 0 Å². The van der Waals surface area contributed by atoms with Crippen molar-refractivity contribution in [3.05, 3.63) is 47.6 Å². The highest BCUT2D eigenvalue weighted by Crippen LogP contribution is 2.20. The molecule has 18 heavy (non-hydrogen) atoms. The second-order valence-corrected chi connectivity index (χ2v) is 4.43. The van der Waals surface area contributed by atoms with Crippen molar-refractivity contribution in [3.63, 3.8) is 0 Å². The van der Waals surface area contributed by atoms with Crippen molar-refractivity contribution in [1.29, 1.82) is 0 Å². The highest BCUT2D eigenvalue weighted by atomic mass is 32.1. The number of amides is 1. The summed E-state index contributed by atoms with van der Waals surface area (Å²) in [4.78, 5) is 19.9. The number of hydrogen-bond acceptors (Lipinski definition) is 4. The Balaban J connectivity index is 2.01. The SMILES string of the molecule is C/C=C/C(=O)NCc1csc(-c2ccccn2)n1. The van der Waals surface area contributed by atoms with Crippen LogP contribution in [0.3, 0.4) is 0 Å². The fraction of sp³-hybridized carbons (Fsp3) is 0.154. The third kappa shape index (κ3) is 3.24. The summed E-state index contributed by atoms with van der Waals surface area (Å²) >= 11 is 1.52. The lowest BCUT2D eigenvalue weighted by molar-refractivity contribution is -0.116. The average Bonchev–Trinajstić information content (AvgIpc) is 2.87. The normalized spacial score (nSPS) is 10.7. The Labute approximate surface area is 109 Å². The molecule has 0 aliphatic carbocycles. The average molecular weight is 259 g/mol. The summed E-state index contributed by atoms with van der Waals surface area (Å²) in [5.74, 6) is -0.107. The van der Waals surface area contributed by atoms with Gasteiger partial charge in [-0.3, -0.25) is 9.78 Å². The van der Waals surface area contributed by atoms with Crippen LogP contribution in [0, 0.1) is 0 Å². The highest BCUT2D eigenvalue weighted by molar-refractivity contribution is 7.13. The van der Waals surface area contributed by atoms with E-state index in [4.69, 9.17) is 0 Å². The summed E-state index contributed by atoms with van der Waals surface area (Å²) in [5.41, 5.74) is 1.70. The summed E-state index contributed by atoms with van der Waals surface area (Å²) < 4.78 is 0. The molecule has 0 aliphatic rings. The molecular weight excluding hydrogens is 246 g/mol. The van der Waals surface area contributed by atoms with Crippen molar-refractivity contribution in [1.82, 2.24) is 15.3 Å². The van der Waals surface area contributed by atoms with E-state index in [1.54, 1.807) is 12.3 Å². The fourth-order valence-electron chi connectivity index (χ4n) is 1.38. The molecule has 0 spiro atoms. The third-order valence-corrected chi connectivity index (χ3v) is 3.11. The maximum absolute atomic E-state index is 11.3. The lowest BCUT2D eigenvalue weighted by Gasteiger charge is -1.98. The number of nitrogens with zero attached hydrogens (tertiary/aromatic N) is 2. The lowest BCUT2D eigenvalue weighted by atomic mass is 10.3. The largest absolute Gasteiger partial charge is 0.347 e. The van der Waals surface area contributed by atoms with Gasteiger partial charge in [-0.15, -0.1) is 11.3 Å². The van der Waals surface area contributed by atoms with Crippen LogP contribution in [-0.4, -0.2) is 15.9 Å². The molecule has 0 saturated carbocycles. The molecular formula is C13H13N3OS. The molecule has 2 rings (SSSR count). The van der Waals surface area contributed by atoms with Crippen molar-refractivity contribution >= 4 is 17.2 Å². The first-order valence-electron chi connectivity index (χ1n) is 5.56. The first kappa shape index (κ1) is 12.4. The summed E-state index contributed by atoms with van der Waals surface area (Å²) in [5, 5.41) is 5.56. The number of nitrogens with one attached hydrogen (secondary N) is 1. The Morgan fingerprint density at radius 2 is 2.39 bits per heavy atom. The molecule has 1 amide bonds. The predicted octanol–water partition coefficient (Wildman–Crippen LogP) is 2.40. The summed E-state index contributed by atoms with van der Waals surface area (Å²) in [6.45, 7) is 2.24. The van der Waals surface area contributed by atoms with Crippen molar-refractivity contribution in [2.24, 2.45) is 0 Å². The Morgan fingerprint density at radius 3 is 3.11 bits per heavy atom. The number of aromatic nitrogens is 2. The zero-order chi connectivity index (χ0) is 12.8. The summed E-state index contributed by atoms with van der Waals surface area (Å²) in [6.07, 6.45) is 4.94. The molecule has 1 N–H and O–H groups in total. The van der Waals surface area contributed by atoms with Gasteiger partial charge >= 0.3 is 0 Å². The van der Waals surface area contributed by atoms with Crippen molar-refractivity contribution < 1.29 is 4.79 Å². The number of carbonyl (C=O) groups excluding carboxylic acids is 1. The second kappa shape index (κ2) is 6.07. The van der Waals surface area contributed by atoms with Crippen LogP contribution >= 0.6 is 11.3 Å². The van der Waals surface area contributed by atoms with E-state index in [0.717, 1.165) is 16.4 Å². The molecule has 2 aromatic rings. The number of pyridine rings is 1. The standard InChI is InChI=1S/C13H13N3OS/c1-2-5-12(17)15-8-10-9-18-13(16-10)11-6-3-4-7-14-11/h2-7,9H,8H2,1H3,(H,15,17)/b5-2+. The van der Waals surface area contributed by atoms with Gasteiger partial charge in [-0.05, 0) is 25.1 Å². The minimum absolute atomic E-state index is 0.107. The van der Waals surface area contributed by atoms with Crippen LogP contribution in [0.2, 0.25) is 0 Å². The van der Waals surface area contributed by atoms with Gasteiger partial charge in [0.2, 0.25) is 5.91 Å². The van der Waals surface area contributed by atoms with E-state index in [-0.39, 0.29) is 5.91 Å². The van der Waals surface area contributed by atoms with Gasteiger partial charge in [-0.1, -0.05) is 12.1 Å². The summed E-state index contributed by atoms with van der Waals surface area (Å²) in [7, 11) is 0. The van der Waals surface area contributed by atoms with E-state index in [9.17, 15) is 4.79 Å². The first-order chi connectivity index (χ1) is 8.79. The van der Waals surface area contributed by atoms with Gasteiger partial charge in [0, 0.05) is 11.6 Å². The second-order valence-electron chi connectivity index (χ2n) is 3.58. The van der Waals surface area contributed by atoms with Gasteiger partial charge < -0.3 is 5.32 Å². The molecule has 4 nitrogen and oxygen atoms in total. The van der Waals surface area contributed by atoms with Crippen LogP contribution in [0.25, 0.3) is 10.7 Å². The Kier molecular flexibility index (Phi) is 4.20. The van der Waals surface area contributed by atoms with E-state index in [2.05, 4.69) is 15.3 Å². The number of thiazole rings is 1. The number of rotatable bonds is 4. The quantitative estimate of drug-likeness (QED) is 0.858. The third-order valence-electron chi connectivity index (χ3n) is 2.20. The molecule has 2 aromatic heterocycles. The van der Waals surface area contributed by atoms with Crippen LogP contribution in [0.15, 0.2) is 41.9 Å². The molecule has 5 heteroatoms. The number of allylic oxidation sites excluding steroid dienone is 1. The minimum Gasteiger partial charge on any atom is -0.347 e. The highest BCUT2D eigenvalue weighted by Gasteiger charge is 2.05. The van der Waals surface area contributed by atoms with Crippen LogP contribution in [-0.2, 0) is 11.3 Å². The van der Waals surface area contributed by atoms with Crippen LogP contribution in [0.5, 0.6) is 0 Å². The van der Waals surface area contributed by atoms with E-state index >= 15 is 0 Å². The zero-order valence-corrected chi connectivity index (χ0v) is 10.8. The monoisotopic (exact) mass is 259 g/mol. The van der Waals surface area contributed by atoms with Crippen molar-refractivity contribution in [3.8, 4) is 10.7 Å². The number of hydrogen-bond donors (Lipinski definition) is 1. The molecule has 0 saturated heterocycles. The maximum Gasteiger partial charge on any atom is 0.243 e. The van der Waals surface area contributed by atoms with Gasteiger partial charge in [-0.2, -0.15) is 0 Å². The molecule has 0 radical (unpaired) electrons. The van der Waals surface area contributed by atoms with Gasteiger partial charge in [0.1, 0.15) is 5.01 Å². The maximum atomic E-state index is 11.3. The van der Waals surface area contributed by atoms with E-state index in [1.807, 2.05) is 30.5 Å². The Hall–Kier alpha value is -2.01. The van der Waals surface area contributed by atoms with E-state index < -0.39 is 0 Å². The lowest BCUT2D eigenvalue weighted by Crippen LogP contribution is -2.20. The topological polar surface area (TPSA) is 54.9 Å². The van der Waals surface area contributed by atoms with E-state index in [1.165, 1.54) is 17.4 Å². The van der Waals surface area contributed by atoms with Crippen LogP contribution < -0.4 is 5.32 Å². The Morgan fingerprint density at radius 1 is 1.50 bits per heavy atom. The minimum atomic E-state index is -0.107. The van der Waals surface area contributed by atoms with Gasteiger partial charge in [0.15, 0.2) is 0 Å². The zero-order valence-electron chi connectivity index (χ0n) is 9.96. The smallest absolute Gasteiger partial charge is 0.243 e. The Bertz CT molecular complexity index is 548. The molecule has 0 atom stereocenters. The first-order valence-corrected chi connectivity index (χ1v) is 6.44. The van der Waals surface area contributed by atoms with Crippen LogP contribution in [0.1, 0.15) is 12.6 Å². The molecule has 0 bridgehead atoms. The van der Waals surface area contributed by atoms with E-state index in [0.29, 0.717) is 6.54 Å². The molecule has 92 valence electrons. The molecule has 0 unspecified atom stereocenters. The van der Waals surface area contributed by atoms with Gasteiger partial charge in [0.25, 0.3) is 0 Å². The summed E-state index contributed by atoms with van der Waals surface area (Å²) in [6, 6.07) is 5.72. The van der Waals surface area contributed by atoms with Gasteiger partial charge in [0.05, 0.1) is 17.9 Å². The van der Waals surface area contributed by atoms with Crippen molar-refractivity contribution in [2.45, 2.75) is 13.5 Å².